The molecule has 2 rings (SSSR count). The third-order valence-electron chi connectivity index (χ3n) is 2.44. The van der Waals surface area contributed by atoms with Crippen LogP contribution in [0, 0.1) is 5.82 Å². The van der Waals surface area contributed by atoms with Crippen LogP contribution >= 0.6 is 0 Å². The Hall–Kier alpha value is -1.38. The highest BCUT2D eigenvalue weighted by Crippen LogP contribution is 2.41. The number of hydrogen-bond donors (Lipinski definition) is 0. The average molecular weight is 194 g/mol. The molecule has 2 nitrogen and oxygen atoms in total. The van der Waals surface area contributed by atoms with E-state index in [0.717, 1.165) is 18.4 Å². The van der Waals surface area contributed by atoms with Crippen LogP contribution in [0.2, 0.25) is 0 Å². The van der Waals surface area contributed by atoms with Crippen LogP contribution in [-0.4, -0.2) is 13.1 Å². The quantitative estimate of drug-likeness (QED) is 0.676. The van der Waals surface area contributed by atoms with Crippen LogP contribution in [0.15, 0.2) is 18.2 Å². The van der Waals surface area contributed by atoms with Crippen LogP contribution in [0.4, 0.5) is 4.39 Å². The maximum atomic E-state index is 13.4. The first-order chi connectivity index (χ1) is 6.72. The van der Waals surface area contributed by atoms with Gasteiger partial charge in [0, 0.05) is 0 Å². The van der Waals surface area contributed by atoms with E-state index >= 15 is 0 Å². The number of carbonyl (C=O) groups is 1. The zero-order valence-electron chi connectivity index (χ0n) is 7.92. The lowest BCUT2D eigenvalue weighted by molar-refractivity contribution is 0.0600. The van der Waals surface area contributed by atoms with Crippen molar-refractivity contribution in [3.8, 4) is 0 Å². The summed E-state index contributed by atoms with van der Waals surface area (Å²) in [6.45, 7) is 0. The molecule has 0 unspecified atom stereocenters. The summed E-state index contributed by atoms with van der Waals surface area (Å²) >= 11 is 0. The van der Waals surface area contributed by atoms with Gasteiger partial charge < -0.3 is 4.74 Å². The Morgan fingerprint density at radius 3 is 2.71 bits per heavy atom. The van der Waals surface area contributed by atoms with E-state index in [0.29, 0.717) is 5.92 Å². The van der Waals surface area contributed by atoms with Gasteiger partial charge in [0.2, 0.25) is 0 Å². The van der Waals surface area contributed by atoms with E-state index in [2.05, 4.69) is 4.74 Å². The van der Waals surface area contributed by atoms with Gasteiger partial charge in [-0.05, 0) is 36.5 Å². The molecule has 0 radical (unpaired) electrons. The van der Waals surface area contributed by atoms with Crippen molar-refractivity contribution in [2.75, 3.05) is 7.11 Å². The van der Waals surface area contributed by atoms with E-state index in [1.165, 1.54) is 13.2 Å². The first-order valence-corrected chi connectivity index (χ1v) is 4.60. The second-order valence-corrected chi connectivity index (χ2v) is 3.50. The number of ether oxygens (including phenoxy) is 1. The minimum absolute atomic E-state index is 0.273. The highest BCUT2D eigenvalue weighted by atomic mass is 19.1. The summed E-state index contributed by atoms with van der Waals surface area (Å²) in [6, 6.07) is 4.54. The lowest BCUT2D eigenvalue weighted by atomic mass is 10.1. The van der Waals surface area contributed by atoms with Crippen molar-refractivity contribution in [2.24, 2.45) is 0 Å². The van der Waals surface area contributed by atoms with Crippen LogP contribution in [0.25, 0.3) is 0 Å². The Kier molecular flexibility index (Phi) is 2.23. The van der Waals surface area contributed by atoms with Gasteiger partial charge in [0.15, 0.2) is 0 Å². The number of carbonyl (C=O) groups excluding carboxylic acids is 1. The molecule has 0 saturated heterocycles. The van der Waals surface area contributed by atoms with Gasteiger partial charge in [0.1, 0.15) is 5.82 Å². The smallest absolute Gasteiger partial charge is 0.337 e. The molecule has 14 heavy (non-hydrogen) atoms. The summed E-state index contributed by atoms with van der Waals surface area (Å²) in [4.78, 5) is 11.1. The summed E-state index contributed by atoms with van der Waals surface area (Å²) in [5.74, 6) is -0.427. The predicted molar refractivity (Wildman–Crippen MR) is 49.7 cm³/mol. The fourth-order valence-corrected chi connectivity index (χ4v) is 1.50. The highest BCUT2D eigenvalue weighted by Gasteiger charge is 2.26. The molecule has 0 aromatic heterocycles. The molecule has 1 aromatic rings. The summed E-state index contributed by atoms with van der Waals surface area (Å²) in [6.07, 6.45) is 2.10. The molecule has 1 fully saturated rings. The zero-order valence-corrected chi connectivity index (χ0v) is 7.92. The predicted octanol–water partition coefficient (Wildman–Crippen LogP) is 2.49. The number of hydrogen-bond acceptors (Lipinski definition) is 2. The third-order valence-corrected chi connectivity index (χ3v) is 2.44. The molecule has 1 aliphatic rings. The number of esters is 1. The topological polar surface area (TPSA) is 26.3 Å². The molecule has 0 N–H and O–H groups in total. The molecule has 0 bridgehead atoms. The molecular formula is C11H11FO2. The Morgan fingerprint density at radius 1 is 1.50 bits per heavy atom. The Morgan fingerprint density at radius 2 is 2.21 bits per heavy atom. The van der Waals surface area contributed by atoms with E-state index in [9.17, 15) is 9.18 Å². The first-order valence-electron chi connectivity index (χ1n) is 4.60. The van der Waals surface area contributed by atoms with Gasteiger partial charge in [-0.25, -0.2) is 9.18 Å². The van der Waals surface area contributed by atoms with Crippen molar-refractivity contribution < 1.29 is 13.9 Å². The monoisotopic (exact) mass is 194 g/mol. The molecule has 1 saturated carbocycles. The van der Waals surface area contributed by atoms with Crippen LogP contribution in [-0.2, 0) is 4.74 Å². The lowest BCUT2D eigenvalue weighted by Crippen LogP contribution is -2.02. The van der Waals surface area contributed by atoms with Gasteiger partial charge in [-0.2, -0.15) is 0 Å². The molecule has 0 heterocycles. The van der Waals surface area contributed by atoms with Gasteiger partial charge >= 0.3 is 5.97 Å². The molecule has 0 atom stereocenters. The standard InChI is InChI=1S/C11H11FO2/c1-14-11(13)8-4-5-9(7-2-3-7)10(12)6-8/h4-7H,2-3H2,1H3. The van der Waals surface area contributed by atoms with Crippen LogP contribution < -0.4 is 0 Å². The second-order valence-electron chi connectivity index (χ2n) is 3.50. The van der Waals surface area contributed by atoms with E-state index in [4.69, 9.17) is 0 Å². The summed E-state index contributed by atoms with van der Waals surface area (Å²) in [5.41, 5.74) is 0.993. The molecular weight excluding hydrogens is 183 g/mol. The van der Waals surface area contributed by atoms with Crippen molar-refractivity contribution in [1.82, 2.24) is 0 Å². The van der Waals surface area contributed by atoms with Gasteiger partial charge in [-0.15, -0.1) is 0 Å². The molecule has 1 aliphatic carbocycles. The molecule has 1 aromatic carbocycles. The maximum Gasteiger partial charge on any atom is 0.337 e. The largest absolute Gasteiger partial charge is 0.465 e. The van der Waals surface area contributed by atoms with Crippen molar-refractivity contribution in [2.45, 2.75) is 18.8 Å². The molecule has 0 spiro atoms. The minimum atomic E-state index is -0.494. The van der Waals surface area contributed by atoms with Crippen molar-refractivity contribution in [3.63, 3.8) is 0 Å². The molecule has 3 heteroatoms. The second kappa shape index (κ2) is 3.40. The first kappa shape index (κ1) is 9.19. The lowest BCUT2D eigenvalue weighted by Gasteiger charge is -2.03. The summed E-state index contributed by atoms with van der Waals surface area (Å²) < 4.78 is 17.9. The average Bonchev–Trinajstić information content (AvgIpc) is 3.00. The normalized spacial score (nSPS) is 15.3. The SMILES string of the molecule is COC(=O)c1ccc(C2CC2)c(F)c1. The Labute approximate surface area is 81.7 Å². The number of methoxy groups -OCH3 is 1. The van der Waals surface area contributed by atoms with E-state index in [-0.39, 0.29) is 11.4 Å². The molecule has 0 aliphatic heterocycles. The number of benzene rings is 1. The maximum absolute atomic E-state index is 13.4. The van der Waals surface area contributed by atoms with Crippen LogP contribution in [0.3, 0.4) is 0 Å². The Bertz CT molecular complexity index is 370. The number of rotatable bonds is 2. The van der Waals surface area contributed by atoms with Crippen molar-refractivity contribution in [1.29, 1.82) is 0 Å². The third kappa shape index (κ3) is 1.62. The van der Waals surface area contributed by atoms with Crippen molar-refractivity contribution >= 4 is 5.97 Å². The van der Waals surface area contributed by atoms with E-state index < -0.39 is 5.97 Å². The van der Waals surface area contributed by atoms with Crippen LogP contribution in [0.5, 0.6) is 0 Å². The van der Waals surface area contributed by atoms with E-state index in [1.807, 2.05) is 0 Å². The molecule has 0 amide bonds. The summed E-state index contributed by atoms with van der Waals surface area (Å²) in [7, 11) is 1.29. The fraction of sp³-hybridized carbons (Fsp3) is 0.364. The van der Waals surface area contributed by atoms with Gasteiger partial charge in [0.25, 0.3) is 0 Å². The van der Waals surface area contributed by atoms with Crippen LogP contribution in [0.1, 0.15) is 34.7 Å². The summed E-state index contributed by atoms with van der Waals surface area (Å²) in [5, 5.41) is 0. The van der Waals surface area contributed by atoms with E-state index in [1.54, 1.807) is 12.1 Å². The Balaban J connectivity index is 2.30. The zero-order chi connectivity index (χ0) is 10.1. The molecule has 74 valence electrons. The highest BCUT2D eigenvalue weighted by molar-refractivity contribution is 5.89. The van der Waals surface area contributed by atoms with Gasteiger partial charge in [0.05, 0.1) is 12.7 Å². The number of halogens is 1. The fourth-order valence-electron chi connectivity index (χ4n) is 1.50. The van der Waals surface area contributed by atoms with Crippen molar-refractivity contribution in [3.05, 3.63) is 35.1 Å². The van der Waals surface area contributed by atoms with Gasteiger partial charge in [-0.3, -0.25) is 0 Å². The minimum Gasteiger partial charge on any atom is -0.465 e. The van der Waals surface area contributed by atoms with Gasteiger partial charge in [-0.1, -0.05) is 6.07 Å².